The van der Waals surface area contributed by atoms with E-state index in [1.807, 2.05) is 30.3 Å². The largest absolute Gasteiger partial charge is 0.355 e. The fraction of sp³-hybridized carbons (Fsp3) is 0.235. The molecule has 0 heterocycles. The molecule has 0 aliphatic carbocycles. The molecular weight excluding hydrogens is 267 g/mol. The van der Waals surface area contributed by atoms with Gasteiger partial charge >= 0.3 is 0 Å². The Morgan fingerprint density at radius 1 is 1.00 bits per heavy atom. The Labute approximate surface area is 124 Å². The molecule has 0 radical (unpaired) electrons. The zero-order valence-corrected chi connectivity index (χ0v) is 11.8. The SMILES string of the molecule is O=C(CNCc1ccccc1)NCCc1ccccc1F. The van der Waals surface area contributed by atoms with Crippen LogP contribution in [0.3, 0.4) is 0 Å². The fourth-order valence-corrected chi connectivity index (χ4v) is 2.02. The van der Waals surface area contributed by atoms with Gasteiger partial charge in [-0.15, -0.1) is 0 Å². The molecule has 0 fully saturated rings. The van der Waals surface area contributed by atoms with E-state index in [0.29, 0.717) is 25.1 Å². The topological polar surface area (TPSA) is 41.1 Å². The van der Waals surface area contributed by atoms with Crippen molar-refractivity contribution in [3.63, 3.8) is 0 Å². The Bertz CT molecular complexity index is 572. The van der Waals surface area contributed by atoms with Gasteiger partial charge in [-0.2, -0.15) is 0 Å². The van der Waals surface area contributed by atoms with Gasteiger partial charge in [0.15, 0.2) is 0 Å². The molecule has 0 aromatic heterocycles. The third-order valence-corrected chi connectivity index (χ3v) is 3.13. The van der Waals surface area contributed by atoms with Crippen molar-refractivity contribution >= 4 is 5.91 Å². The van der Waals surface area contributed by atoms with Gasteiger partial charge in [-0.3, -0.25) is 4.79 Å². The summed E-state index contributed by atoms with van der Waals surface area (Å²) in [4.78, 5) is 11.6. The number of rotatable bonds is 7. The summed E-state index contributed by atoms with van der Waals surface area (Å²) in [7, 11) is 0. The van der Waals surface area contributed by atoms with E-state index in [1.54, 1.807) is 18.2 Å². The Morgan fingerprint density at radius 2 is 1.71 bits per heavy atom. The Balaban J connectivity index is 1.63. The highest BCUT2D eigenvalue weighted by atomic mass is 19.1. The summed E-state index contributed by atoms with van der Waals surface area (Å²) in [5, 5.41) is 5.85. The maximum Gasteiger partial charge on any atom is 0.233 e. The first kappa shape index (κ1) is 15.2. The zero-order chi connectivity index (χ0) is 14.9. The van der Waals surface area contributed by atoms with Crippen molar-refractivity contribution in [1.82, 2.24) is 10.6 Å². The monoisotopic (exact) mass is 286 g/mol. The van der Waals surface area contributed by atoms with Gasteiger partial charge in [0.05, 0.1) is 6.54 Å². The molecule has 3 nitrogen and oxygen atoms in total. The standard InChI is InChI=1S/C17H19FN2O/c18-16-9-5-4-8-15(16)10-11-20-17(21)13-19-12-14-6-2-1-3-7-14/h1-9,19H,10-13H2,(H,20,21). The number of carbonyl (C=O) groups excluding carboxylic acids is 1. The lowest BCUT2D eigenvalue weighted by atomic mass is 10.1. The van der Waals surface area contributed by atoms with Crippen molar-refractivity contribution in [2.45, 2.75) is 13.0 Å². The van der Waals surface area contributed by atoms with Crippen LogP contribution in [0.2, 0.25) is 0 Å². The molecule has 0 saturated heterocycles. The van der Waals surface area contributed by atoms with Gasteiger partial charge in [0, 0.05) is 13.1 Å². The maximum absolute atomic E-state index is 13.4. The van der Waals surface area contributed by atoms with E-state index in [9.17, 15) is 9.18 Å². The van der Waals surface area contributed by atoms with Gasteiger partial charge in [0.2, 0.25) is 5.91 Å². The quantitative estimate of drug-likeness (QED) is 0.820. The molecule has 0 bridgehead atoms. The van der Waals surface area contributed by atoms with Crippen LogP contribution in [0.5, 0.6) is 0 Å². The van der Waals surface area contributed by atoms with Crippen molar-refractivity contribution in [2.75, 3.05) is 13.1 Å². The molecular formula is C17H19FN2O. The van der Waals surface area contributed by atoms with Crippen molar-refractivity contribution < 1.29 is 9.18 Å². The normalized spacial score (nSPS) is 10.3. The first-order chi connectivity index (χ1) is 10.3. The minimum Gasteiger partial charge on any atom is -0.355 e. The molecule has 0 spiro atoms. The van der Waals surface area contributed by atoms with E-state index in [2.05, 4.69) is 10.6 Å². The number of carbonyl (C=O) groups is 1. The van der Waals surface area contributed by atoms with E-state index >= 15 is 0 Å². The second-order valence-corrected chi connectivity index (χ2v) is 4.78. The van der Waals surface area contributed by atoms with Crippen molar-refractivity contribution in [3.8, 4) is 0 Å². The third-order valence-electron chi connectivity index (χ3n) is 3.13. The first-order valence-electron chi connectivity index (χ1n) is 7.00. The Kier molecular flexibility index (Phi) is 5.91. The molecule has 2 N–H and O–H groups in total. The molecule has 1 amide bonds. The van der Waals surface area contributed by atoms with Crippen LogP contribution in [0, 0.1) is 5.82 Å². The van der Waals surface area contributed by atoms with E-state index in [4.69, 9.17) is 0 Å². The van der Waals surface area contributed by atoms with Crippen LogP contribution >= 0.6 is 0 Å². The van der Waals surface area contributed by atoms with E-state index < -0.39 is 0 Å². The smallest absolute Gasteiger partial charge is 0.233 e. The lowest BCUT2D eigenvalue weighted by Crippen LogP contribution is -2.34. The lowest BCUT2D eigenvalue weighted by Gasteiger charge is -2.07. The second-order valence-electron chi connectivity index (χ2n) is 4.78. The number of benzene rings is 2. The highest BCUT2D eigenvalue weighted by Gasteiger charge is 2.03. The minimum atomic E-state index is -0.228. The van der Waals surface area contributed by atoms with Crippen molar-refractivity contribution in [1.29, 1.82) is 0 Å². The molecule has 2 aromatic carbocycles. The van der Waals surface area contributed by atoms with Gasteiger partial charge in [-0.25, -0.2) is 4.39 Å². The predicted molar refractivity (Wildman–Crippen MR) is 81.3 cm³/mol. The van der Waals surface area contributed by atoms with Gasteiger partial charge in [-0.05, 0) is 23.6 Å². The zero-order valence-electron chi connectivity index (χ0n) is 11.8. The van der Waals surface area contributed by atoms with E-state index in [1.165, 1.54) is 6.07 Å². The van der Waals surface area contributed by atoms with Gasteiger partial charge in [0.25, 0.3) is 0 Å². The summed E-state index contributed by atoms with van der Waals surface area (Å²) in [5.74, 6) is -0.309. The maximum atomic E-state index is 13.4. The van der Waals surface area contributed by atoms with Crippen molar-refractivity contribution in [2.24, 2.45) is 0 Å². The van der Waals surface area contributed by atoms with Crippen molar-refractivity contribution in [3.05, 3.63) is 71.5 Å². The van der Waals surface area contributed by atoms with E-state index in [-0.39, 0.29) is 18.3 Å². The van der Waals surface area contributed by atoms with Crippen LogP contribution in [0.15, 0.2) is 54.6 Å². The van der Waals surface area contributed by atoms with Crippen LogP contribution in [-0.2, 0) is 17.8 Å². The Morgan fingerprint density at radius 3 is 2.48 bits per heavy atom. The molecule has 21 heavy (non-hydrogen) atoms. The Hall–Kier alpha value is -2.20. The van der Waals surface area contributed by atoms with Gasteiger partial charge in [-0.1, -0.05) is 48.5 Å². The van der Waals surface area contributed by atoms with Gasteiger partial charge in [0.1, 0.15) is 5.82 Å². The molecule has 0 aliphatic rings. The third kappa shape index (κ3) is 5.36. The number of amides is 1. The lowest BCUT2D eigenvalue weighted by molar-refractivity contribution is -0.120. The van der Waals surface area contributed by atoms with E-state index in [0.717, 1.165) is 5.56 Å². The summed E-state index contributed by atoms with van der Waals surface area (Å²) in [6.45, 7) is 1.35. The number of hydrogen-bond acceptors (Lipinski definition) is 2. The fourth-order valence-electron chi connectivity index (χ4n) is 2.02. The molecule has 4 heteroatoms. The highest BCUT2D eigenvalue weighted by molar-refractivity contribution is 5.77. The molecule has 2 aromatic rings. The first-order valence-corrected chi connectivity index (χ1v) is 7.00. The average Bonchev–Trinajstić information content (AvgIpc) is 2.50. The van der Waals surface area contributed by atoms with Crippen LogP contribution in [0.4, 0.5) is 4.39 Å². The summed E-state index contributed by atoms with van der Waals surface area (Å²) < 4.78 is 13.4. The molecule has 110 valence electrons. The molecule has 0 unspecified atom stereocenters. The summed E-state index contributed by atoms with van der Waals surface area (Å²) in [6.07, 6.45) is 0.497. The molecule has 0 atom stereocenters. The highest BCUT2D eigenvalue weighted by Crippen LogP contribution is 2.06. The minimum absolute atomic E-state index is 0.0812. The van der Waals surface area contributed by atoms with Crippen LogP contribution < -0.4 is 10.6 Å². The predicted octanol–water partition coefficient (Wildman–Crippen LogP) is 2.27. The molecule has 0 saturated carbocycles. The van der Waals surface area contributed by atoms with Gasteiger partial charge < -0.3 is 10.6 Å². The number of hydrogen-bond donors (Lipinski definition) is 2. The second kappa shape index (κ2) is 8.17. The molecule has 0 aliphatic heterocycles. The summed E-state index contributed by atoms with van der Waals surface area (Å²) in [6, 6.07) is 16.5. The summed E-state index contributed by atoms with van der Waals surface area (Å²) >= 11 is 0. The van der Waals surface area contributed by atoms with Crippen LogP contribution in [0.1, 0.15) is 11.1 Å². The number of nitrogens with one attached hydrogen (secondary N) is 2. The number of halogens is 1. The average molecular weight is 286 g/mol. The van der Waals surface area contributed by atoms with Crippen LogP contribution in [-0.4, -0.2) is 19.0 Å². The summed E-state index contributed by atoms with van der Waals surface area (Å²) in [5.41, 5.74) is 1.76. The molecule has 2 rings (SSSR count). The van der Waals surface area contributed by atoms with Crippen LogP contribution in [0.25, 0.3) is 0 Å².